The van der Waals surface area contributed by atoms with Crippen LogP contribution in [0.4, 0.5) is 14.5 Å². The van der Waals surface area contributed by atoms with Gasteiger partial charge >= 0.3 is 0 Å². The summed E-state index contributed by atoms with van der Waals surface area (Å²) in [5.74, 6) is -1.63. The maximum Gasteiger partial charge on any atom is 0.268 e. The molecular weight excluding hydrogens is 276 g/mol. The summed E-state index contributed by atoms with van der Waals surface area (Å²) in [5.41, 5.74) is 6.96. The molecule has 2 aromatic rings. The number of halogens is 2. The van der Waals surface area contributed by atoms with E-state index < -0.39 is 11.6 Å². The van der Waals surface area contributed by atoms with Crippen molar-refractivity contribution in [2.24, 2.45) is 0 Å². The standard InChI is InChI=1S/C15H15F2N3O/c16-10-2-1-9(13(17)5-10)7-19-15(21)14-6-11(18)8-20(14)12-3-4-12/h1-2,5-6,8,12H,3-4,7,18H2,(H,19,21). The molecular formula is C15H15F2N3O. The first-order chi connectivity index (χ1) is 10.0. The predicted octanol–water partition coefficient (Wildman–Crippen LogP) is 2.61. The quantitative estimate of drug-likeness (QED) is 0.909. The molecule has 1 aliphatic rings. The first-order valence-corrected chi connectivity index (χ1v) is 6.74. The van der Waals surface area contributed by atoms with Crippen molar-refractivity contribution in [3.63, 3.8) is 0 Å². The van der Waals surface area contributed by atoms with Crippen molar-refractivity contribution in [2.45, 2.75) is 25.4 Å². The SMILES string of the molecule is Nc1cc(C(=O)NCc2ccc(F)cc2F)n(C2CC2)c1. The number of carbonyl (C=O) groups is 1. The Balaban J connectivity index is 1.72. The minimum absolute atomic E-state index is 0.000693. The molecule has 1 aliphatic carbocycles. The highest BCUT2D eigenvalue weighted by molar-refractivity contribution is 5.93. The molecule has 0 aliphatic heterocycles. The van der Waals surface area contributed by atoms with Gasteiger partial charge in [-0.2, -0.15) is 0 Å². The van der Waals surface area contributed by atoms with E-state index in [0.717, 1.165) is 25.0 Å². The van der Waals surface area contributed by atoms with Crippen LogP contribution in [0.25, 0.3) is 0 Å². The van der Waals surface area contributed by atoms with Crippen molar-refractivity contribution in [1.29, 1.82) is 0 Å². The highest BCUT2D eigenvalue weighted by atomic mass is 19.1. The van der Waals surface area contributed by atoms with E-state index in [1.54, 1.807) is 12.3 Å². The van der Waals surface area contributed by atoms with Gasteiger partial charge in [-0.15, -0.1) is 0 Å². The Morgan fingerprint density at radius 1 is 1.33 bits per heavy atom. The number of anilines is 1. The van der Waals surface area contributed by atoms with Crippen molar-refractivity contribution in [2.75, 3.05) is 5.73 Å². The van der Waals surface area contributed by atoms with E-state index in [0.29, 0.717) is 17.4 Å². The Hall–Kier alpha value is -2.37. The zero-order valence-corrected chi connectivity index (χ0v) is 11.3. The molecule has 4 nitrogen and oxygen atoms in total. The van der Waals surface area contributed by atoms with Crippen LogP contribution in [0, 0.1) is 11.6 Å². The minimum atomic E-state index is -0.674. The number of benzene rings is 1. The van der Waals surface area contributed by atoms with Gasteiger partial charge in [-0.25, -0.2) is 8.78 Å². The number of rotatable bonds is 4. The van der Waals surface area contributed by atoms with E-state index in [-0.39, 0.29) is 18.0 Å². The van der Waals surface area contributed by atoms with Gasteiger partial charge in [0.1, 0.15) is 17.3 Å². The molecule has 110 valence electrons. The highest BCUT2D eigenvalue weighted by Crippen LogP contribution is 2.37. The number of hydrogen-bond acceptors (Lipinski definition) is 2. The number of nitrogens with two attached hydrogens (primary N) is 1. The lowest BCUT2D eigenvalue weighted by Gasteiger charge is -2.09. The second-order valence-corrected chi connectivity index (χ2v) is 5.22. The van der Waals surface area contributed by atoms with Crippen molar-refractivity contribution in [3.8, 4) is 0 Å². The molecule has 1 amide bonds. The van der Waals surface area contributed by atoms with Gasteiger partial charge in [0.05, 0.1) is 5.69 Å². The molecule has 0 bridgehead atoms. The third-order valence-electron chi connectivity index (χ3n) is 3.50. The van der Waals surface area contributed by atoms with Crippen molar-refractivity contribution >= 4 is 11.6 Å². The Morgan fingerprint density at radius 2 is 2.10 bits per heavy atom. The van der Waals surface area contributed by atoms with Crippen molar-refractivity contribution in [1.82, 2.24) is 9.88 Å². The molecule has 1 fully saturated rings. The van der Waals surface area contributed by atoms with Crippen LogP contribution in [-0.4, -0.2) is 10.5 Å². The molecule has 0 saturated heterocycles. The van der Waals surface area contributed by atoms with Gasteiger partial charge in [0.15, 0.2) is 0 Å². The molecule has 1 heterocycles. The summed E-state index contributed by atoms with van der Waals surface area (Å²) in [6.07, 6.45) is 3.80. The third-order valence-corrected chi connectivity index (χ3v) is 3.50. The van der Waals surface area contributed by atoms with Crippen molar-refractivity contribution in [3.05, 3.63) is 53.4 Å². The molecule has 1 aromatic carbocycles. The molecule has 0 unspecified atom stereocenters. The highest BCUT2D eigenvalue weighted by Gasteiger charge is 2.27. The predicted molar refractivity (Wildman–Crippen MR) is 74.6 cm³/mol. The number of amides is 1. The van der Waals surface area contributed by atoms with Crippen LogP contribution in [-0.2, 0) is 6.54 Å². The van der Waals surface area contributed by atoms with Gasteiger partial charge in [-0.1, -0.05) is 6.07 Å². The first-order valence-electron chi connectivity index (χ1n) is 6.74. The summed E-state index contributed by atoms with van der Waals surface area (Å²) < 4.78 is 28.2. The minimum Gasteiger partial charge on any atom is -0.397 e. The molecule has 3 rings (SSSR count). The zero-order valence-electron chi connectivity index (χ0n) is 11.3. The summed E-state index contributed by atoms with van der Waals surface area (Å²) >= 11 is 0. The third kappa shape index (κ3) is 2.89. The van der Waals surface area contributed by atoms with Crippen LogP contribution in [0.2, 0.25) is 0 Å². The smallest absolute Gasteiger partial charge is 0.268 e. The lowest BCUT2D eigenvalue weighted by atomic mass is 10.2. The van der Waals surface area contributed by atoms with Crippen LogP contribution >= 0.6 is 0 Å². The van der Waals surface area contributed by atoms with Crippen LogP contribution in [0.5, 0.6) is 0 Å². The molecule has 6 heteroatoms. The van der Waals surface area contributed by atoms with E-state index in [2.05, 4.69) is 5.32 Å². The summed E-state index contributed by atoms with van der Waals surface area (Å²) in [5, 5.41) is 2.63. The van der Waals surface area contributed by atoms with Gasteiger partial charge < -0.3 is 15.6 Å². The Kier molecular flexibility index (Phi) is 3.37. The van der Waals surface area contributed by atoms with Gasteiger partial charge in [-0.05, 0) is 25.0 Å². The van der Waals surface area contributed by atoms with Gasteiger partial charge in [0.25, 0.3) is 5.91 Å². The summed E-state index contributed by atoms with van der Waals surface area (Å²) in [7, 11) is 0. The fourth-order valence-corrected chi connectivity index (χ4v) is 2.27. The summed E-state index contributed by atoms with van der Waals surface area (Å²) in [6, 6.07) is 5.21. The zero-order chi connectivity index (χ0) is 15.0. The van der Waals surface area contributed by atoms with Crippen LogP contribution in [0.3, 0.4) is 0 Å². The first kappa shape index (κ1) is 13.6. The Labute approximate surface area is 120 Å². The van der Waals surface area contributed by atoms with Gasteiger partial charge in [0, 0.05) is 30.4 Å². The number of nitrogen functional groups attached to an aromatic ring is 1. The number of nitrogens with zero attached hydrogens (tertiary/aromatic N) is 1. The van der Waals surface area contributed by atoms with Crippen molar-refractivity contribution < 1.29 is 13.6 Å². The topological polar surface area (TPSA) is 60.1 Å². The number of hydrogen-bond donors (Lipinski definition) is 2. The molecule has 0 radical (unpaired) electrons. The van der Waals surface area contributed by atoms with E-state index in [1.807, 2.05) is 4.57 Å². The Morgan fingerprint density at radius 3 is 2.76 bits per heavy atom. The monoisotopic (exact) mass is 291 g/mol. The summed E-state index contributed by atoms with van der Waals surface area (Å²) in [4.78, 5) is 12.2. The van der Waals surface area contributed by atoms with E-state index in [9.17, 15) is 13.6 Å². The maximum absolute atomic E-state index is 13.5. The molecule has 1 aromatic heterocycles. The Bertz CT molecular complexity index is 692. The van der Waals surface area contributed by atoms with Gasteiger partial charge in [0.2, 0.25) is 0 Å². The normalized spacial score (nSPS) is 14.2. The molecule has 21 heavy (non-hydrogen) atoms. The average Bonchev–Trinajstić information content (AvgIpc) is 3.20. The molecule has 3 N–H and O–H groups in total. The largest absolute Gasteiger partial charge is 0.397 e. The number of nitrogens with one attached hydrogen (secondary N) is 1. The number of aromatic nitrogens is 1. The van der Waals surface area contributed by atoms with E-state index in [1.165, 1.54) is 6.07 Å². The fourth-order valence-electron chi connectivity index (χ4n) is 2.27. The second kappa shape index (κ2) is 5.20. The second-order valence-electron chi connectivity index (χ2n) is 5.22. The average molecular weight is 291 g/mol. The fraction of sp³-hybridized carbons (Fsp3) is 0.267. The maximum atomic E-state index is 13.5. The van der Waals surface area contributed by atoms with E-state index in [4.69, 9.17) is 5.73 Å². The number of carbonyl (C=O) groups excluding carboxylic acids is 1. The summed E-state index contributed by atoms with van der Waals surface area (Å²) in [6.45, 7) is 0.000693. The van der Waals surface area contributed by atoms with Crippen LogP contribution in [0.1, 0.15) is 34.9 Å². The van der Waals surface area contributed by atoms with E-state index >= 15 is 0 Å². The molecule has 1 saturated carbocycles. The van der Waals surface area contributed by atoms with Crippen LogP contribution in [0.15, 0.2) is 30.5 Å². The molecule has 0 atom stereocenters. The van der Waals surface area contributed by atoms with Gasteiger partial charge in [-0.3, -0.25) is 4.79 Å². The lowest BCUT2D eigenvalue weighted by molar-refractivity contribution is 0.0941. The van der Waals surface area contributed by atoms with Crippen LogP contribution < -0.4 is 11.1 Å². The lowest BCUT2D eigenvalue weighted by Crippen LogP contribution is -2.25. The molecule has 0 spiro atoms.